The number of hydrogen-bond acceptors (Lipinski definition) is 5. The highest BCUT2D eigenvalue weighted by atomic mass is 35.5. The zero-order chi connectivity index (χ0) is 24.9. The Labute approximate surface area is 215 Å². The average molecular weight is 502 g/mol. The van der Waals surface area contributed by atoms with Gasteiger partial charge >= 0.3 is 0 Å². The van der Waals surface area contributed by atoms with E-state index in [0.29, 0.717) is 23.1 Å². The molecular weight excluding hydrogens is 462 g/mol. The molecule has 1 aromatic heterocycles. The molecule has 3 rings (SSSR count). The van der Waals surface area contributed by atoms with Crippen LogP contribution in [0.4, 0.5) is 0 Å². The lowest BCUT2D eigenvalue weighted by Crippen LogP contribution is -2.16. The molecule has 0 fully saturated rings. The summed E-state index contributed by atoms with van der Waals surface area (Å²) in [7, 11) is 0. The van der Waals surface area contributed by atoms with E-state index in [4.69, 9.17) is 9.15 Å². The smallest absolute Gasteiger partial charge is 0.203 e. The topological polar surface area (TPSA) is 68.5 Å². The first-order valence-corrected chi connectivity index (χ1v) is 12.4. The largest absolute Gasteiger partial charge is 0.493 e. The maximum absolute atomic E-state index is 12.8. The lowest BCUT2D eigenvalue weighted by atomic mass is 9.98. The Bertz CT molecular complexity index is 1090. The van der Waals surface area contributed by atoms with Crippen LogP contribution in [0.15, 0.2) is 51.9 Å². The number of para-hydroxylation sites is 1. The zero-order valence-corrected chi connectivity index (χ0v) is 22.6. The summed E-state index contributed by atoms with van der Waals surface area (Å²) in [4.78, 5) is 25.5. The summed E-state index contributed by atoms with van der Waals surface area (Å²) >= 11 is 0. The van der Waals surface area contributed by atoms with Crippen molar-refractivity contribution in [2.75, 3.05) is 19.7 Å². The SMILES string of the molecule is CCCCNCCCC.CCCOc1c(C)cc(C(=O)c2coc3ccccc3c2=O)cc1C.Cl. The number of hydrogen-bond donors (Lipinski definition) is 1. The Kier molecular flexibility index (Phi) is 14.0. The summed E-state index contributed by atoms with van der Waals surface area (Å²) in [6, 6.07) is 10.4. The molecule has 5 nitrogen and oxygen atoms in total. The molecule has 2 aromatic carbocycles. The molecule has 192 valence electrons. The van der Waals surface area contributed by atoms with Crippen molar-refractivity contribution in [3.05, 3.63) is 75.1 Å². The standard InChI is InChI=1S/C21H20O4.C8H19N.ClH/c1-4-9-24-21-13(2)10-15(11-14(21)3)19(22)17-12-25-18-8-6-5-7-16(18)20(17)23;1-3-5-7-9-8-6-4-2;/h5-8,10-12H,4,9H2,1-3H3;9H,3-8H2,1-2H3;1H. The van der Waals surface area contributed by atoms with E-state index in [-0.39, 0.29) is 29.2 Å². The van der Waals surface area contributed by atoms with E-state index in [1.807, 2.05) is 20.8 Å². The van der Waals surface area contributed by atoms with Crippen molar-refractivity contribution >= 4 is 29.2 Å². The number of unbranched alkanes of at least 4 members (excludes halogenated alkanes) is 2. The molecule has 0 aliphatic rings. The van der Waals surface area contributed by atoms with Crippen molar-refractivity contribution in [1.29, 1.82) is 0 Å². The van der Waals surface area contributed by atoms with Crippen molar-refractivity contribution in [3.8, 4) is 5.75 Å². The summed E-state index contributed by atoms with van der Waals surface area (Å²) in [6.45, 7) is 13.3. The number of benzene rings is 2. The number of carbonyl (C=O) groups is 1. The Hall–Kier alpha value is -2.63. The predicted octanol–water partition coefficient (Wildman–Crippen LogP) is 7.03. The summed E-state index contributed by atoms with van der Waals surface area (Å²) in [5.74, 6) is 0.455. The third-order valence-corrected chi connectivity index (χ3v) is 5.51. The average Bonchev–Trinajstić information content (AvgIpc) is 2.84. The van der Waals surface area contributed by atoms with Crippen molar-refractivity contribution in [3.63, 3.8) is 0 Å². The Morgan fingerprint density at radius 3 is 2.11 bits per heavy atom. The molecule has 0 unspecified atom stereocenters. The van der Waals surface area contributed by atoms with Crippen LogP contribution in [0.25, 0.3) is 11.0 Å². The third kappa shape index (κ3) is 8.83. The fraction of sp³-hybridized carbons (Fsp3) is 0.448. The van der Waals surface area contributed by atoms with Gasteiger partial charge < -0.3 is 14.5 Å². The number of ether oxygens (including phenoxy) is 1. The van der Waals surface area contributed by atoms with Gasteiger partial charge in [-0.2, -0.15) is 0 Å². The Morgan fingerprint density at radius 1 is 0.943 bits per heavy atom. The number of halogens is 1. The van der Waals surface area contributed by atoms with Crippen molar-refractivity contribution < 1.29 is 13.9 Å². The van der Waals surface area contributed by atoms with Gasteiger partial charge in [0, 0.05) is 5.56 Å². The molecule has 0 aliphatic carbocycles. The van der Waals surface area contributed by atoms with Gasteiger partial charge in [0.2, 0.25) is 5.43 Å². The number of nitrogens with one attached hydrogen (secondary N) is 1. The molecular formula is C29H40ClNO4. The minimum Gasteiger partial charge on any atom is -0.493 e. The molecule has 0 spiro atoms. The van der Waals surface area contributed by atoms with Gasteiger partial charge in [-0.05, 0) is 81.6 Å². The normalized spacial score (nSPS) is 10.3. The highest BCUT2D eigenvalue weighted by molar-refractivity contribution is 6.10. The molecule has 0 aliphatic heterocycles. The first-order valence-electron chi connectivity index (χ1n) is 12.4. The van der Waals surface area contributed by atoms with E-state index < -0.39 is 0 Å². The Morgan fingerprint density at radius 2 is 1.54 bits per heavy atom. The van der Waals surface area contributed by atoms with Gasteiger partial charge in [0.05, 0.1) is 12.0 Å². The van der Waals surface area contributed by atoms with Crippen molar-refractivity contribution in [1.82, 2.24) is 5.32 Å². The van der Waals surface area contributed by atoms with Gasteiger partial charge in [-0.1, -0.05) is 45.7 Å². The second kappa shape index (κ2) is 16.1. The van der Waals surface area contributed by atoms with Crippen LogP contribution >= 0.6 is 12.4 Å². The van der Waals surface area contributed by atoms with Crippen LogP contribution in [0.2, 0.25) is 0 Å². The fourth-order valence-electron chi connectivity index (χ4n) is 3.63. The summed E-state index contributed by atoms with van der Waals surface area (Å²) in [5, 5.41) is 3.79. The first-order chi connectivity index (χ1) is 16.4. The molecule has 3 aromatic rings. The van der Waals surface area contributed by atoms with Crippen LogP contribution in [0.3, 0.4) is 0 Å². The number of rotatable bonds is 11. The number of aryl methyl sites for hydroxylation is 2. The molecule has 0 radical (unpaired) electrons. The van der Waals surface area contributed by atoms with Crippen LogP contribution < -0.4 is 15.5 Å². The molecule has 1 heterocycles. The van der Waals surface area contributed by atoms with E-state index in [1.54, 1.807) is 36.4 Å². The molecule has 0 saturated carbocycles. The molecule has 0 amide bonds. The summed E-state index contributed by atoms with van der Waals surface area (Å²) in [5.41, 5.74) is 2.42. The van der Waals surface area contributed by atoms with E-state index in [1.165, 1.54) is 45.0 Å². The predicted molar refractivity (Wildman–Crippen MR) is 148 cm³/mol. The van der Waals surface area contributed by atoms with Crippen LogP contribution in [-0.2, 0) is 0 Å². The van der Waals surface area contributed by atoms with Gasteiger partial charge in [-0.3, -0.25) is 9.59 Å². The molecule has 1 N–H and O–H groups in total. The lowest BCUT2D eigenvalue weighted by molar-refractivity contribution is 0.103. The van der Waals surface area contributed by atoms with Crippen LogP contribution in [-0.4, -0.2) is 25.5 Å². The van der Waals surface area contributed by atoms with E-state index in [9.17, 15) is 9.59 Å². The summed E-state index contributed by atoms with van der Waals surface area (Å²) in [6.07, 6.45) is 7.42. The minimum absolute atomic E-state index is 0. The van der Waals surface area contributed by atoms with E-state index in [2.05, 4.69) is 19.2 Å². The van der Waals surface area contributed by atoms with Gasteiger partial charge in [-0.25, -0.2) is 0 Å². The van der Waals surface area contributed by atoms with Crippen molar-refractivity contribution in [2.24, 2.45) is 0 Å². The third-order valence-electron chi connectivity index (χ3n) is 5.51. The zero-order valence-electron chi connectivity index (χ0n) is 21.7. The molecule has 0 atom stereocenters. The van der Waals surface area contributed by atoms with Gasteiger partial charge in [0.1, 0.15) is 23.2 Å². The molecule has 6 heteroatoms. The molecule has 35 heavy (non-hydrogen) atoms. The summed E-state index contributed by atoms with van der Waals surface area (Å²) < 4.78 is 11.2. The van der Waals surface area contributed by atoms with E-state index >= 15 is 0 Å². The van der Waals surface area contributed by atoms with Gasteiger partial charge in [-0.15, -0.1) is 12.4 Å². The quantitative estimate of drug-likeness (QED) is 0.225. The van der Waals surface area contributed by atoms with Crippen LogP contribution in [0.1, 0.15) is 79.9 Å². The highest BCUT2D eigenvalue weighted by Gasteiger charge is 2.18. The maximum atomic E-state index is 12.8. The van der Waals surface area contributed by atoms with Crippen LogP contribution in [0, 0.1) is 13.8 Å². The minimum atomic E-state index is -0.340. The van der Waals surface area contributed by atoms with E-state index in [0.717, 1.165) is 23.3 Å². The molecule has 0 bridgehead atoms. The highest BCUT2D eigenvalue weighted by Crippen LogP contribution is 2.26. The maximum Gasteiger partial charge on any atom is 0.203 e. The second-order valence-electron chi connectivity index (χ2n) is 8.55. The lowest BCUT2D eigenvalue weighted by Gasteiger charge is -2.13. The van der Waals surface area contributed by atoms with Gasteiger partial charge in [0.15, 0.2) is 5.78 Å². The van der Waals surface area contributed by atoms with Crippen molar-refractivity contribution in [2.45, 2.75) is 66.7 Å². The Balaban J connectivity index is 0.000000526. The van der Waals surface area contributed by atoms with Crippen LogP contribution in [0.5, 0.6) is 5.75 Å². The molecule has 0 saturated heterocycles. The number of carbonyl (C=O) groups excluding carboxylic acids is 1. The fourth-order valence-corrected chi connectivity index (χ4v) is 3.63. The van der Waals surface area contributed by atoms with Gasteiger partial charge in [0.25, 0.3) is 0 Å². The number of fused-ring (bicyclic) bond motifs is 1. The first kappa shape index (κ1) is 30.4. The number of ketones is 1. The monoisotopic (exact) mass is 501 g/mol. The second-order valence-corrected chi connectivity index (χ2v) is 8.55.